The van der Waals surface area contributed by atoms with Gasteiger partial charge in [0.25, 0.3) is 0 Å². The van der Waals surface area contributed by atoms with Crippen molar-refractivity contribution >= 4 is 75.1 Å². The molecule has 1 N–H and O–H groups in total. The Morgan fingerprint density at radius 3 is 1.88 bits per heavy atom. The van der Waals surface area contributed by atoms with Gasteiger partial charge in [-0.1, -0.05) is 12.1 Å². The summed E-state index contributed by atoms with van der Waals surface area (Å²) in [6, 6.07) is 12.0. The van der Waals surface area contributed by atoms with Crippen molar-refractivity contribution in [2.75, 3.05) is 5.32 Å². The Hall–Kier alpha value is 0.160. The molecule has 88 valence electrons. The van der Waals surface area contributed by atoms with E-state index in [1.807, 2.05) is 36.4 Å². The summed E-state index contributed by atoms with van der Waals surface area (Å²) in [5.74, 6) is 0. The fraction of sp³-hybridized carbons (Fsp3) is 0. The van der Waals surface area contributed by atoms with E-state index in [-0.39, 0.29) is 0 Å². The second-order valence-electron chi connectivity index (χ2n) is 3.32. The van der Waals surface area contributed by atoms with Crippen LogP contribution in [-0.4, -0.2) is 0 Å². The van der Waals surface area contributed by atoms with Gasteiger partial charge in [0.05, 0.1) is 15.8 Å². The normalized spacial score (nSPS) is 10.4. The van der Waals surface area contributed by atoms with Crippen molar-refractivity contribution in [3.63, 3.8) is 0 Å². The number of hydrogen-bond acceptors (Lipinski definition) is 1. The highest BCUT2D eigenvalue weighted by atomic mass is 79.9. The van der Waals surface area contributed by atoms with Gasteiger partial charge in [-0.25, -0.2) is 0 Å². The zero-order valence-corrected chi connectivity index (χ0v) is 14.8. The van der Waals surface area contributed by atoms with Crippen LogP contribution in [0, 0.1) is 0 Å². The molecule has 0 aliphatic heterocycles. The molecular formula is C12H7Br4N. The average Bonchev–Trinajstić information content (AvgIpc) is 2.29. The molecular weight excluding hydrogens is 478 g/mol. The average molecular weight is 485 g/mol. The van der Waals surface area contributed by atoms with Gasteiger partial charge in [-0.05, 0) is 88.0 Å². The van der Waals surface area contributed by atoms with Gasteiger partial charge in [-0.15, -0.1) is 0 Å². The second kappa shape index (κ2) is 5.87. The van der Waals surface area contributed by atoms with E-state index in [1.165, 1.54) is 0 Å². The summed E-state index contributed by atoms with van der Waals surface area (Å²) in [5.41, 5.74) is 2.01. The molecule has 0 unspecified atom stereocenters. The van der Waals surface area contributed by atoms with Crippen molar-refractivity contribution in [1.82, 2.24) is 0 Å². The van der Waals surface area contributed by atoms with E-state index in [0.29, 0.717) is 0 Å². The molecule has 0 saturated carbocycles. The molecule has 0 fully saturated rings. The van der Waals surface area contributed by atoms with Gasteiger partial charge in [0.2, 0.25) is 0 Å². The minimum Gasteiger partial charge on any atom is -0.353 e. The first kappa shape index (κ1) is 13.6. The molecule has 0 spiro atoms. The molecule has 0 radical (unpaired) electrons. The fourth-order valence-electron chi connectivity index (χ4n) is 1.35. The van der Waals surface area contributed by atoms with E-state index < -0.39 is 0 Å². The Kier molecular flexibility index (Phi) is 4.69. The Labute approximate surface area is 134 Å². The summed E-state index contributed by atoms with van der Waals surface area (Å²) < 4.78 is 4.05. The van der Waals surface area contributed by atoms with Crippen LogP contribution >= 0.6 is 63.7 Å². The Morgan fingerprint density at radius 2 is 1.24 bits per heavy atom. The number of nitrogens with one attached hydrogen (secondary N) is 1. The third-order valence-corrected chi connectivity index (χ3v) is 5.54. The number of para-hydroxylation sites is 1. The van der Waals surface area contributed by atoms with E-state index in [0.717, 1.165) is 29.3 Å². The summed E-state index contributed by atoms with van der Waals surface area (Å²) >= 11 is 14.1. The van der Waals surface area contributed by atoms with Crippen molar-refractivity contribution in [2.45, 2.75) is 0 Å². The van der Waals surface area contributed by atoms with Crippen molar-refractivity contribution in [2.24, 2.45) is 0 Å². The molecule has 0 saturated heterocycles. The lowest BCUT2D eigenvalue weighted by Crippen LogP contribution is -1.93. The van der Waals surface area contributed by atoms with Gasteiger partial charge in [0.1, 0.15) is 0 Å². The van der Waals surface area contributed by atoms with Gasteiger partial charge in [-0.3, -0.25) is 0 Å². The quantitative estimate of drug-likeness (QED) is 0.514. The maximum atomic E-state index is 3.55. The third-order valence-electron chi connectivity index (χ3n) is 2.17. The summed E-state index contributed by atoms with van der Waals surface area (Å²) in [5, 5.41) is 3.38. The smallest absolute Gasteiger partial charge is 0.0673 e. The number of anilines is 2. The zero-order chi connectivity index (χ0) is 12.4. The van der Waals surface area contributed by atoms with E-state index >= 15 is 0 Å². The standard InChI is InChI=1S/C12H7Br4N/c13-7-3-2-6-10(11(7)16)17-12-8(14)4-1-5-9(12)15/h1-6,17H. The fourth-order valence-corrected chi connectivity index (χ4v) is 3.28. The summed E-state index contributed by atoms with van der Waals surface area (Å²) in [4.78, 5) is 0. The first-order valence-corrected chi connectivity index (χ1v) is 7.92. The number of hydrogen-bond donors (Lipinski definition) is 1. The van der Waals surface area contributed by atoms with Crippen molar-refractivity contribution in [3.8, 4) is 0 Å². The van der Waals surface area contributed by atoms with Gasteiger partial charge >= 0.3 is 0 Å². The van der Waals surface area contributed by atoms with Crippen LogP contribution in [-0.2, 0) is 0 Å². The van der Waals surface area contributed by atoms with E-state index in [9.17, 15) is 0 Å². The molecule has 0 heterocycles. The summed E-state index contributed by atoms with van der Waals surface area (Å²) in [6.45, 7) is 0. The monoisotopic (exact) mass is 481 g/mol. The minimum atomic E-state index is 1.00. The maximum Gasteiger partial charge on any atom is 0.0673 e. The van der Waals surface area contributed by atoms with Gasteiger partial charge in [-0.2, -0.15) is 0 Å². The van der Waals surface area contributed by atoms with Crippen LogP contribution in [0.2, 0.25) is 0 Å². The highest BCUT2D eigenvalue weighted by molar-refractivity contribution is 9.13. The van der Waals surface area contributed by atoms with Crippen molar-refractivity contribution in [3.05, 3.63) is 54.3 Å². The summed E-state index contributed by atoms with van der Waals surface area (Å²) in [7, 11) is 0. The number of halogens is 4. The molecule has 17 heavy (non-hydrogen) atoms. The predicted molar refractivity (Wildman–Crippen MR) is 87.0 cm³/mol. The Bertz CT molecular complexity index is 534. The molecule has 0 aliphatic rings. The maximum absolute atomic E-state index is 3.55. The number of rotatable bonds is 2. The molecule has 0 amide bonds. The van der Waals surface area contributed by atoms with Crippen molar-refractivity contribution in [1.29, 1.82) is 0 Å². The molecule has 1 nitrogen and oxygen atoms in total. The lowest BCUT2D eigenvalue weighted by molar-refractivity contribution is 1.47. The molecule has 2 aromatic rings. The van der Waals surface area contributed by atoms with E-state index in [1.54, 1.807) is 0 Å². The van der Waals surface area contributed by atoms with Crippen LogP contribution in [0.25, 0.3) is 0 Å². The highest BCUT2D eigenvalue weighted by Gasteiger charge is 2.08. The van der Waals surface area contributed by atoms with Gasteiger partial charge in [0, 0.05) is 13.4 Å². The zero-order valence-electron chi connectivity index (χ0n) is 8.48. The topological polar surface area (TPSA) is 12.0 Å². The largest absolute Gasteiger partial charge is 0.353 e. The number of benzene rings is 2. The molecule has 5 heteroatoms. The molecule has 2 rings (SSSR count). The lowest BCUT2D eigenvalue weighted by atomic mass is 10.3. The molecule has 2 aromatic carbocycles. The molecule has 0 aromatic heterocycles. The van der Waals surface area contributed by atoms with Gasteiger partial charge < -0.3 is 5.32 Å². The lowest BCUT2D eigenvalue weighted by Gasteiger charge is -2.12. The van der Waals surface area contributed by atoms with Crippen LogP contribution in [0.1, 0.15) is 0 Å². The molecule has 0 aliphatic carbocycles. The van der Waals surface area contributed by atoms with Crippen LogP contribution in [0.15, 0.2) is 54.3 Å². The second-order valence-corrected chi connectivity index (χ2v) is 6.68. The third kappa shape index (κ3) is 3.13. The van der Waals surface area contributed by atoms with E-state index in [2.05, 4.69) is 69.0 Å². The molecule has 0 atom stereocenters. The van der Waals surface area contributed by atoms with Gasteiger partial charge in [0.15, 0.2) is 0 Å². The Balaban J connectivity index is 2.42. The predicted octanol–water partition coefficient (Wildman–Crippen LogP) is 6.48. The minimum absolute atomic E-state index is 1.00. The van der Waals surface area contributed by atoms with Crippen molar-refractivity contribution < 1.29 is 0 Å². The van der Waals surface area contributed by atoms with Crippen LogP contribution in [0.4, 0.5) is 11.4 Å². The molecule has 0 bridgehead atoms. The SMILES string of the molecule is Brc1cccc(Nc2c(Br)cccc2Br)c1Br. The Morgan fingerprint density at radius 1 is 0.706 bits per heavy atom. The van der Waals surface area contributed by atoms with E-state index in [4.69, 9.17) is 0 Å². The first-order valence-electron chi connectivity index (χ1n) is 4.74. The van der Waals surface area contributed by atoms with Crippen LogP contribution in [0.5, 0.6) is 0 Å². The highest BCUT2D eigenvalue weighted by Crippen LogP contribution is 2.37. The summed E-state index contributed by atoms with van der Waals surface area (Å²) in [6.07, 6.45) is 0. The first-order chi connectivity index (χ1) is 8.09. The van der Waals surface area contributed by atoms with Crippen LogP contribution in [0.3, 0.4) is 0 Å². The van der Waals surface area contributed by atoms with Crippen LogP contribution < -0.4 is 5.32 Å².